The molecule has 0 saturated heterocycles. The number of methoxy groups -OCH3 is 3. The SMILES string of the molecule is COc1cc(C(=O)Nc2nnc(CCS(=O)(=O)c3ccccc3)o2)cc(OC)c1OC. The van der Waals surface area contributed by atoms with E-state index in [2.05, 4.69) is 15.5 Å². The first-order valence-corrected chi connectivity index (χ1v) is 10.7. The van der Waals surface area contributed by atoms with Crippen LogP contribution in [0.2, 0.25) is 0 Å². The molecule has 10 nitrogen and oxygen atoms in total. The van der Waals surface area contributed by atoms with Crippen molar-refractivity contribution in [2.24, 2.45) is 0 Å². The van der Waals surface area contributed by atoms with Crippen LogP contribution in [0.3, 0.4) is 0 Å². The Bertz CT molecular complexity index is 1140. The van der Waals surface area contributed by atoms with Crippen LogP contribution in [-0.2, 0) is 16.3 Å². The van der Waals surface area contributed by atoms with Crippen LogP contribution in [0.15, 0.2) is 51.8 Å². The predicted octanol–water partition coefficient (Wildman–Crippen LogP) is 2.36. The largest absolute Gasteiger partial charge is 0.493 e. The Morgan fingerprint density at radius 2 is 1.65 bits per heavy atom. The Labute approximate surface area is 179 Å². The summed E-state index contributed by atoms with van der Waals surface area (Å²) in [7, 11) is 0.839. The fourth-order valence-electron chi connectivity index (χ4n) is 2.75. The molecule has 0 aliphatic rings. The molecule has 1 amide bonds. The minimum absolute atomic E-state index is 0.00425. The number of nitrogens with zero attached hydrogens (tertiary/aromatic N) is 2. The zero-order valence-corrected chi connectivity index (χ0v) is 17.9. The summed E-state index contributed by atoms with van der Waals surface area (Å²) in [6.07, 6.45) is 0.00425. The summed E-state index contributed by atoms with van der Waals surface area (Å²) in [5.74, 6) is 0.292. The predicted molar refractivity (Wildman–Crippen MR) is 111 cm³/mol. The molecule has 0 bridgehead atoms. The Morgan fingerprint density at radius 3 is 2.23 bits per heavy atom. The number of amides is 1. The highest BCUT2D eigenvalue weighted by Crippen LogP contribution is 2.38. The third kappa shape index (κ3) is 5.12. The maximum Gasteiger partial charge on any atom is 0.322 e. The van der Waals surface area contributed by atoms with Gasteiger partial charge in [0.05, 0.1) is 32.0 Å². The summed E-state index contributed by atoms with van der Waals surface area (Å²) in [5.41, 5.74) is 0.209. The number of nitrogens with one attached hydrogen (secondary N) is 1. The highest BCUT2D eigenvalue weighted by atomic mass is 32.2. The maximum absolute atomic E-state index is 12.6. The summed E-state index contributed by atoms with van der Waals surface area (Å²) in [6, 6.07) is 10.9. The molecular weight excluding hydrogens is 426 g/mol. The number of anilines is 1. The van der Waals surface area contributed by atoms with E-state index in [1.807, 2.05) is 0 Å². The smallest absolute Gasteiger partial charge is 0.322 e. The molecule has 164 valence electrons. The monoisotopic (exact) mass is 447 g/mol. The topological polar surface area (TPSA) is 130 Å². The van der Waals surface area contributed by atoms with E-state index >= 15 is 0 Å². The van der Waals surface area contributed by atoms with Gasteiger partial charge in [-0.3, -0.25) is 10.1 Å². The highest BCUT2D eigenvalue weighted by Gasteiger charge is 2.20. The van der Waals surface area contributed by atoms with Crippen LogP contribution in [0.5, 0.6) is 17.2 Å². The van der Waals surface area contributed by atoms with Crippen molar-refractivity contribution in [1.82, 2.24) is 10.2 Å². The zero-order chi connectivity index (χ0) is 22.4. The number of rotatable bonds is 9. The minimum Gasteiger partial charge on any atom is -0.493 e. The Morgan fingerprint density at radius 1 is 1.00 bits per heavy atom. The van der Waals surface area contributed by atoms with Crippen molar-refractivity contribution in [2.75, 3.05) is 32.4 Å². The summed E-state index contributed by atoms with van der Waals surface area (Å²) in [4.78, 5) is 12.8. The number of carbonyl (C=O) groups excluding carboxylic acids is 1. The fourth-order valence-corrected chi connectivity index (χ4v) is 4.00. The lowest BCUT2D eigenvalue weighted by Crippen LogP contribution is -2.13. The van der Waals surface area contributed by atoms with E-state index in [0.717, 1.165) is 0 Å². The molecule has 0 radical (unpaired) electrons. The average molecular weight is 447 g/mol. The maximum atomic E-state index is 12.6. The molecule has 0 aliphatic carbocycles. The van der Waals surface area contributed by atoms with Crippen molar-refractivity contribution < 1.29 is 31.8 Å². The van der Waals surface area contributed by atoms with Crippen LogP contribution in [0, 0.1) is 0 Å². The van der Waals surface area contributed by atoms with Crippen LogP contribution in [0.1, 0.15) is 16.2 Å². The van der Waals surface area contributed by atoms with Gasteiger partial charge in [0, 0.05) is 12.0 Å². The molecule has 1 aromatic heterocycles. The third-order valence-corrected chi connectivity index (χ3v) is 6.03. The third-order valence-electron chi connectivity index (χ3n) is 4.30. The summed E-state index contributed by atoms with van der Waals surface area (Å²) in [6.45, 7) is 0. The van der Waals surface area contributed by atoms with Gasteiger partial charge < -0.3 is 18.6 Å². The van der Waals surface area contributed by atoms with Gasteiger partial charge >= 0.3 is 6.01 Å². The molecule has 0 atom stereocenters. The molecule has 11 heteroatoms. The van der Waals surface area contributed by atoms with Gasteiger partial charge in [0.1, 0.15) is 0 Å². The lowest BCUT2D eigenvalue weighted by Gasteiger charge is -2.13. The summed E-state index contributed by atoms with van der Waals surface area (Å²) >= 11 is 0. The summed E-state index contributed by atoms with van der Waals surface area (Å²) in [5, 5.41) is 10.00. The van der Waals surface area contributed by atoms with Gasteiger partial charge in [-0.2, -0.15) is 0 Å². The number of sulfone groups is 1. The molecule has 1 heterocycles. The van der Waals surface area contributed by atoms with Crippen molar-refractivity contribution in [1.29, 1.82) is 0 Å². The molecule has 0 fully saturated rings. The van der Waals surface area contributed by atoms with Crippen LogP contribution >= 0.6 is 0 Å². The van der Waals surface area contributed by atoms with Gasteiger partial charge in [0.25, 0.3) is 5.91 Å². The van der Waals surface area contributed by atoms with Crippen LogP contribution in [0.25, 0.3) is 0 Å². The van der Waals surface area contributed by atoms with Gasteiger partial charge in [-0.25, -0.2) is 8.42 Å². The van der Waals surface area contributed by atoms with E-state index < -0.39 is 15.7 Å². The molecule has 1 N–H and O–H groups in total. The summed E-state index contributed by atoms with van der Waals surface area (Å²) < 4.78 is 45.8. The second-order valence-corrected chi connectivity index (χ2v) is 8.36. The Kier molecular flexibility index (Phi) is 6.75. The number of benzene rings is 2. The van der Waals surface area contributed by atoms with Crippen molar-refractivity contribution in [3.63, 3.8) is 0 Å². The fraction of sp³-hybridized carbons (Fsp3) is 0.250. The van der Waals surface area contributed by atoms with E-state index in [1.54, 1.807) is 18.2 Å². The molecule has 3 rings (SSSR count). The molecule has 0 unspecified atom stereocenters. The molecule has 0 spiro atoms. The number of hydrogen-bond donors (Lipinski definition) is 1. The first kappa shape index (κ1) is 22.1. The van der Waals surface area contributed by atoms with Crippen LogP contribution in [-0.4, -0.2) is 51.6 Å². The Balaban J connectivity index is 1.69. The van der Waals surface area contributed by atoms with E-state index in [1.165, 1.54) is 45.6 Å². The number of hydrogen-bond acceptors (Lipinski definition) is 9. The average Bonchev–Trinajstić information content (AvgIpc) is 3.24. The molecule has 31 heavy (non-hydrogen) atoms. The van der Waals surface area contributed by atoms with Crippen molar-refractivity contribution in [2.45, 2.75) is 11.3 Å². The molecule has 0 saturated carbocycles. The number of carbonyl (C=O) groups is 1. The zero-order valence-electron chi connectivity index (χ0n) is 17.1. The van der Waals surface area contributed by atoms with Crippen LogP contribution in [0.4, 0.5) is 6.01 Å². The van der Waals surface area contributed by atoms with Gasteiger partial charge in [0.15, 0.2) is 21.3 Å². The first-order chi connectivity index (χ1) is 14.9. The molecule has 0 aliphatic heterocycles. The van der Waals surface area contributed by atoms with Gasteiger partial charge in [0.2, 0.25) is 11.6 Å². The lowest BCUT2D eigenvalue weighted by molar-refractivity contribution is 0.102. The molecular formula is C20H21N3O7S. The van der Waals surface area contributed by atoms with Crippen molar-refractivity contribution in [3.05, 3.63) is 53.9 Å². The normalized spacial score (nSPS) is 11.1. The second-order valence-electron chi connectivity index (χ2n) is 6.25. The number of aryl methyl sites for hydroxylation is 1. The highest BCUT2D eigenvalue weighted by molar-refractivity contribution is 7.91. The van der Waals surface area contributed by atoms with E-state index in [9.17, 15) is 13.2 Å². The van der Waals surface area contributed by atoms with E-state index in [4.69, 9.17) is 18.6 Å². The molecule has 2 aromatic carbocycles. The minimum atomic E-state index is -3.49. The van der Waals surface area contributed by atoms with Gasteiger partial charge in [-0.1, -0.05) is 23.3 Å². The first-order valence-electron chi connectivity index (χ1n) is 9.09. The molecule has 3 aromatic rings. The van der Waals surface area contributed by atoms with Crippen molar-refractivity contribution >= 4 is 21.8 Å². The van der Waals surface area contributed by atoms with Gasteiger partial charge in [-0.15, -0.1) is 5.10 Å². The second kappa shape index (κ2) is 9.47. The Hall–Kier alpha value is -3.60. The quantitative estimate of drug-likeness (QED) is 0.525. The van der Waals surface area contributed by atoms with Crippen molar-refractivity contribution in [3.8, 4) is 17.2 Å². The van der Waals surface area contributed by atoms with Crippen LogP contribution < -0.4 is 19.5 Å². The van der Waals surface area contributed by atoms with E-state index in [0.29, 0.717) is 17.2 Å². The van der Waals surface area contributed by atoms with E-state index in [-0.39, 0.29) is 34.5 Å². The number of ether oxygens (including phenoxy) is 3. The lowest BCUT2D eigenvalue weighted by atomic mass is 10.1. The van der Waals surface area contributed by atoms with Gasteiger partial charge in [-0.05, 0) is 24.3 Å². The standard InChI is InChI=1S/C20H21N3O7S/c1-27-15-11-13(12-16(28-2)18(15)29-3)19(24)21-20-23-22-17(30-20)9-10-31(25,26)14-7-5-4-6-8-14/h4-8,11-12H,9-10H2,1-3H3,(H,21,23,24). The number of aromatic nitrogens is 2.